The predicted octanol–water partition coefficient (Wildman–Crippen LogP) is 0.852. The van der Waals surface area contributed by atoms with Crippen molar-refractivity contribution in [1.82, 2.24) is 15.1 Å². The molecule has 3 amide bonds. The maximum atomic E-state index is 12.3. The van der Waals surface area contributed by atoms with Crippen molar-refractivity contribution >= 4 is 23.4 Å². The molecular weight excluding hydrogens is 294 g/mol. The van der Waals surface area contributed by atoms with E-state index in [0.717, 1.165) is 31.5 Å². The lowest BCUT2D eigenvalue weighted by Crippen LogP contribution is -2.42. The number of hydrogen-bond donors (Lipinski definition) is 1. The highest BCUT2D eigenvalue weighted by atomic mass is 16.2. The van der Waals surface area contributed by atoms with Gasteiger partial charge in [0.1, 0.15) is 6.54 Å². The third kappa shape index (κ3) is 2.97. The lowest BCUT2D eigenvalue weighted by Gasteiger charge is -2.18. The molecule has 0 aliphatic carbocycles. The fourth-order valence-electron chi connectivity index (χ4n) is 2.95. The van der Waals surface area contributed by atoms with Crippen LogP contribution in [0.5, 0.6) is 0 Å². The maximum absolute atomic E-state index is 12.3. The van der Waals surface area contributed by atoms with E-state index in [1.54, 1.807) is 17.0 Å². The maximum Gasteiger partial charge on any atom is 0.259 e. The largest absolute Gasteiger partial charge is 0.345 e. The van der Waals surface area contributed by atoms with Crippen molar-refractivity contribution in [2.24, 2.45) is 0 Å². The van der Waals surface area contributed by atoms with E-state index < -0.39 is 0 Å². The van der Waals surface area contributed by atoms with Crippen LogP contribution in [-0.4, -0.2) is 53.7 Å². The van der Waals surface area contributed by atoms with Crippen molar-refractivity contribution in [3.8, 4) is 0 Å². The zero-order valence-corrected chi connectivity index (χ0v) is 12.9. The minimum absolute atomic E-state index is 0.0275. The van der Waals surface area contributed by atoms with Crippen molar-refractivity contribution in [3.05, 3.63) is 42.0 Å². The summed E-state index contributed by atoms with van der Waals surface area (Å²) in [5, 5.41) is 2.59. The van der Waals surface area contributed by atoms with Gasteiger partial charge in [-0.2, -0.15) is 0 Å². The predicted molar refractivity (Wildman–Crippen MR) is 85.3 cm³/mol. The van der Waals surface area contributed by atoms with Gasteiger partial charge >= 0.3 is 0 Å². The number of benzene rings is 1. The number of amides is 3. The third-order valence-electron chi connectivity index (χ3n) is 4.24. The standard InChI is InChI=1S/C17H19N3O3/c1-12-13-6-2-3-7-14(13)17(23)20(12)11-15(21)18-10-16(22)19-8-4-5-9-19/h2-3,6-7H,1,4-5,8-11H2,(H,18,21). The third-order valence-corrected chi connectivity index (χ3v) is 4.24. The highest BCUT2D eigenvalue weighted by Gasteiger charge is 2.32. The summed E-state index contributed by atoms with van der Waals surface area (Å²) in [4.78, 5) is 39.3. The minimum atomic E-state index is -0.361. The minimum Gasteiger partial charge on any atom is -0.345 e. The summed E-state index contributed by atoms with van der Waals surface area (Å²) in [7, 11) is 0. The van der Waals surface area contributed by atoms with Crippen LogP contribution < -0.4 is 5.32 Å². The number of likely N-dealkylation sites (tertiary alicyclic amines) is 1. The summed E-state index contributed by atoms with van der Waals surface area (Å²) in [6.07, 6.45) is 2.03. The molecular formula is C17H19N3O3. The molecule has 0 radical (unpaired) electrons. The first-order valence-corrected chi connectivity index (χ1v) is 7.72. The summed E-state index contributed by atoms with van der Waals surface area (Å²) >= 11 is 0. The van der Waals surface area contributed by atoms with Gasteiger partial charge in [-0.05, 0) is 18.9 Å². The molecule has 1 aromatic carbocycles. The molecule has 2 heterocycles. The zero-order valence-electron chi connectivity index (χ0n) is 12.9. The van der Waals surface area contributed by atoms with Gasteiger partial charge in [0.15, 0.2) is 0 Å². The Hall–Kier alpha value is -2.63. The van der Waals surface area contributed by atoms with E-state index in [1.165, 1.54) is 4.90 Å². The van der Waals surface area contributed by atoms with Crippen LogP contribution in [0.15, 0.2) is 30.8 Å². The number of carbonyl (C=O) groups excluding carboxylic acids is 3. The number of nitrogens with zero attached hydrogens (tertiary/aromatic N) is 2. The topological polar surface area (TPSA) is 69.7 Å². The lowest BCUT2D eigenvalue weighted by molar-refractivity contribution is -0.132. The van der Waals surface area contributed by atoms with Crippen molar-refractivity contribution in [2.45, 2.75) is 12.8 Å². The molecule has 6 nitrogen and oxygen atoms in total. The van der Waals surface area contributed by atoms with E-state index in [2.05, 4.69) is 11.9 Å². The Morgan fingerprint density at radius 1 is 1.13 bits per heavy atom. The number of nitrogens with one attached hydrogen (secondary N) is 1. The van der Waals surface area contributed by atoms with Gasteiger partial charge in [0.05, 0.1) is 6.54 Å². The van der Waals surface area contributed by atoms with Gasteiger partial charge in [-0.15, -0.1) is 0 Å². The fourth-order valence-corrected chi connectivity index (χ4v) is 2.95. The first-order valence-electron chi connectivity index (χ1n) is 7.72. The van der Waals surface area contributed by atoms with Crippen LogP contribution >= 0.6 is 0 Å². The van der Waals surface area contributed by atoms with Crippen LogP contribution in [0.4, 0.5) is 0 Å². The highest BCUT2D eigenvalue weighted by molar-refractivity contribution is 6.10. The molecule has 3 rings (SSSR count). The molecule has 0 spiro atoms. The molecule has 2 aliphatic rings. The Morgan fingerprint density at radius 3 is 2.43 bits per heavy atom. The monoisotopic (exact) mass is 313 g/mol. The van der Waals surface area contributed by atoms with Crippen LogP contribution in [0.25, 0.3) is 5.70 Å². The molecule has 2 aliphatic heterocycles. The van der Waals surface area contributed by atoms with Crippen LogP contribution in [0.3, 0.4) is 0 Å². The molecule has 1 saturated heterocycles. The number of carbonyl (C=O) groups is 3. The van der Waals surface area contributed by atoms with Gasteiger partial charge in [0.2, 0.25) is 11.8 Å². The molecule has 0 bridgehead atoms. The van der Waals surface area contributed by atoms with E-state index >= 15 is 0 Å². The smallest absolute Gasteiger partial charge is 0.259 e. The summed E-state index contributed by atoms with van der Waals surface area (Å²) in [5.41, 5.74) is 1.82. The fraction of sp³-hybridized carbons (Fsp3) is 0.353. The number of hydrogen-bond acceptors (Lipinski definition) is 3. The lowest BCUT2D eigenvalue weighted by atomic mass is 10.1. The second-order valence-electron chi connectivity index (χ2n) is 5.75. The zero-order chi connectivity index (χ0) is 16.4. The molecule has 1 aromatic rings. The van der Waals surface area contributed by atoms with Crippen LogP contribution in [0.1, 0.15) is 28.8 Å². The van der Waals surface area contributed by atoms with Gasteiger partial charge in [-0.1, -0.05) is 24.8 Å². The second kappa shape index (κ2) is 6.24. The normalized spacial score (nSPS) is 16.7. The van der Waals surface area contributed by atoms with E-state index in [4.69, 9.17) is 0 Å². The summed E-state index contributed by atoms with van der Waals surface area (Å²) in [5.74, 6) is -0.669. The van der Waals surface area contributed by atoms with Gasteiger partial charge < -0.3 is 10.2 Å². The summed E-state index contributed by atoms with van der Waals surface area (Å²) < 4.78 is 0. The molecule has 6 heteroatoms. The number of fused-ring (bicyclic) bond motifs is 1. The van der Waals surface area contributed by atoms with E-state index in [9.17, 15) is 14.4 Å². The Kier molecular flexibility index (Phi) is 4.14. The van der Waals surface area contributed by atoms with Crippen molar-refractivity contribution in [2.75, 3.05) is 26.2 Å². The van der Waals surface area contributed by atoms with Crippen molar-refractivity contribution in [1.29, 1.82) is 0 Å². The molecule has 1 N–H and O–H groups in total. The van der Waals surface area contributed by atoms with E-state index in [1.807, 2.05) is 12.1 Å². The van der Waals surface area contributed by atoms with E-state index in [0.29, 0.717) is 11.3 Å². The second-order valence-corrected chi connectivity index (χ2v) is 5.75. The van der Waals surface area contributed by atoms with Crippen LogP contribution in [0, 0.1) is 0 Å². The summed E-state index contributed by atoms with van der Waals surface area (Å²) in [6.45, 7) is 5.25. The Bertz CT molecular complexity index is 642. The van der Waals surface area contributed by atoms with Crippen LogP contribution in [0.2, 0.25) is 0 Å². The molecule has 0 saturated carbocycles. The van der Waals surface area contributed by atoms with Crippen molar-refractivity contribution < 1.29 is 14.4 Å². The molecule has 0 aromatic heterocycles. The van der Waals surface area contributed by atoms with Gasteiger partial charge in [0, 0.05) is 29.9 Å². The molecule has 120 valence electrons. The molecule has 23 heavy (non-hydrogen) atoms. The van der Waals surface area contributed by atoms with E-state index in [-0.39, 0.29) is 30.8 Å². The van der Waals surface area contributed by atoms with Crippen molar-refractivity contribution in [3.63, 3.8) is 0 Å². The average molecular weight is 313 g/mol. The highest BCUT2D eigenvalue weighted by Crippen LogP contribution is 2.30. The first-order chi connectivity index (χ1) is 11.1. The molecule has 0 atom stereocenters. The Morgan fingerprint density at radius 2 is 1.78 bits per heavy atom. The Labute approximate surface area is 134 Å². The van der Waals surface area contributed by atoms with Crippen LogP contribution in [-0.2, 0) is 9.59 Å². The SMILES string of the molecule is C=C1c2ccccc2C(=O)N1CC(=O)NCC(=O)N1CCCC1. The number of rotatable bonds is 4. The van der Waals surface area contributed by atoms with Gasteiger partial charge in [-0.3, -0.25) is 19.3 Å². The Balaban J connectivity index is 1.55. The molecule has 1 fully saturated rings. The molecule has 0 unspecified atom stereocenters. The first kappa shape index (κ1) is 15.3. The summed E-state index contributed by atoms with van der Waals surface area (Å²) in [6, 6.07) is 7.14. The average Bonchev–Trinajstić information content (AvgIpc) is 3.17. The van der Waals surface area contributed by atoms with Gasteiger partial charge in [0.25, 0.3) is 5.91 Å². The van der Waals surface area contributed by atoms with Gasteiger partial charge in [-0.25, -0.2) is 0 Å². The quantitative estimate of drug-likeness (QED) is 0.896.